The summed E-state index contributed by atoms with van der Waals surface area (Å²) < 4.78 is 5.71. The number of nitrogens with zero attached hydrogens (tertiary/aromatic N) is 1. The predicted molar refractivity (Wildman–Crippen MR) is 119 cm³/mol. The Bertz CT molecular complexity index is 844. The quantitative estimate of drug-likeness (QED) is 0.630. The SMILES string of the molecule is O=C(O)C[C@H]1CC[C@H](OC(=O)N2CCc3cc(NC(=O)NC4CCCC4)ccc3C2)CC1. The maximum atomic E-state index is 12.7. The first-order valence-corrected chi connectivity index (χ1v) is 11.8. The largest absolute Gasteiger partial charge is 0.481 e. The fraction of sp³-hybridized carbons (Fsp3) is 0.625. The molecule has 0 saturated heterocycles. The second-order valence-corrected chi connectivity index (χ2v) is 9.36. The van der Waals surface area contributed by atoms with Crippen molar-refractivity contribution in [2.24, 2.45) is 5.92 Å². The van der Waals surface area contributed by atoms with Crippen LogP contribution >= 0.6 is 0 Å². The van der Waals surface area contributed by atoms with E-state index in [1.54, 1.807) is 4.90 Å². The van der Waals surface area contributed by atoms with Crippen LogP contribution in [0.15, 0.2) is 18.2 Å². The lowest BCUT2D eigenvalue weighted by atomic mass is 9.85. The number of carbonyl (C=O) groups excluding carboxylic acids is 2. The van der Waals surface area contributed by atoms with Gasteiger partial charge >= 0.3 is 18.1 Å². The van der Waals surface area contributed by atoms with E-state index in [-0.39, 0.29) is 36.6 Å². The van der Waals surface area contributed by atoms with Gasteiger partial charge in [0, 0.05) is 31.2 Å². The maximum Gasteiger partial charge on any atom is 0.410 e. The van der Waals surface area contributed by atoms with Crippen LogP contribution in [0.3, 0.4) is 0 Å². The van der Waals surface area contributed by atoms with E-state index in [4.69, 9.17) is 9.84 Å². The summed E-state index contributed by atoms with van der Waals surface area (Å²) in [4.78, 5) is 37.5. The highest BCUT2D eigenvalue weighted by molar-refractivity contribution is 5.89. The first kappa shape index (κ1) is 22.4. The molecule has 1 aromatic carbocycles. The molecule has 0 atom stereocenters. The molecule has 8 nitrogen and oxygen atoms in total. The third-order valence-electron chi connectivity index (χ3n) is 6.95. The summed E-state index contributed by atoms with van der Waals surface area (Å²) in [7, 11) is 0. The van der Waals surface area contributed by atoms with E-state index in [0.29, 0.717) is 13.1 Å². The molecule has 0 radical (unpaired) electrons. The normalized spacial score (nSPS) is 23.3. The number of carboxylic acid groups (broad SMARTS) is 1. The number of rotatable bonds is 5. The zero-order valence-electron chi connectivity index (χ0n) is 18.5. The van der Waals surface area contributed by atoms with Crippen molar-refractivity contribution in [3.63, 3.8) is 0 Å². The Hall–Kier alpha value is -2.77. The molecular formula is C24H33N3O5. The van der Waals surface area contributed by atoms with E-state index < -0.39 is 5.97 Å². The van der Waals surface area contributed by atoms with Gasteiger partial charge in [-0.15, -0.1) is 0 Å². The molecule has 1 aromatic rings. The Morgan fingerprint density at radius 3 is 2.50 bits per heavy atom. The third kappa shape index (κ3) is 5.93. The summed E-state index contributed by atoms with van der Waals surface area (Å²) in [6.07, 6.45) is 7.98. The second kappa shape index (κ2) is 10.2. The van der Waals surface area contributed by atoms with E-state index in [1.807, 2.05) is 18.2 Å². The van der Waals surface area contributed by atoms with Crippen molar-refractivity contribution in [1.82, 2.24) is 10.2 Å². The molecule has 4 rings (SSSR count). The number of anilines is 1. The molecule has 0 aromatic heterocycles. The van der Waals surface area contributed by atoms with Gasteiger partial charge in [-0.3, -0.25) is 4.79 Å². The number of carbonyl (C=O) groups is 3. The monoisotopic (exact) mass is 443 g/mol. The number of ether oxygens (including phenoxy) is 1. The minimum Gasteiger partial charge on any atom is -0.481 e. The molecule has 32 heavy (non-hydrogen) atoms. The van der Waals surface area contributed by atoms with Crippen LogP contribution in [-0.2, 0) is 22.5 Å². The van der Waals surface area contributed by atoms with Crippen LogP contribution in [-0.4, -0.2) is 46.8 Å². The van der Waals surface area contributed by atoms with Crippen LogP contribution in [0.1, 0.15) is 68.9 Å². The van der Waals surface area contributed by atoms with Gasteiger partial charge in [-0.2, -0.15) is 0 Å². The van der Waals surface area contributed by atoms with Gasteiger partial charge in [-0.1, -0.05) is 18.9 Å². The standard InChI is InChI=1S/C24H33N3O5/c28-22(29)13-16-5-9-21(10-6-16)32-24(31)27-12-11-17-14-20(8-7-18(17)15-27)26-23(30)25-19-3-1-2-4-19/h7-8,14,16,19,21H,1-6,9-13,15H2,(H,28,29)(H2,25,26,30)/t16-,21-. The van der Waals surface area contributed by atoms with Crippen LogP contribution < -0.4 is 10.6 Å². The lowest BCUT2D eigenvalue weighted by molar-refractivity contribution is -0.138. The van der Waals surface area contributed by atoms with Gasteiger partial charge in [-0.05, 0) is 74.1 Å². The lowest BCUT2D eigenvalue weighted by Crippen LogP contribution is -2.39. The number of aliphatic carboxylic acids is 1. The zero-order valence-corrected chi connectivity index (χ0v) is 18.5. The van der Waals surface area contributed by atoms with E-state index in [9.17, 15) is 14.4 Å². The average molecular weight is 444 g/mol. The smallest absolute Gasteiger partial charge is 0.410 e. The first-order valence-electron chi connectivity index (χ1n) is 11.8. The molecule has 1 heterocycles. The lowest BCUT2D eigenvalue weighted by Gasteiger charge is -2.32. The molecular weight excluding hydrogens is 410 g/mol. The summed E-state index contributed by atoms with van der Waals surface area (Å²) in [5.41, 5.74) is 2.98. The summed E-state index contributed by atoms with van der Waals surface area (Å²) in [5, 5.41) is 14.9. The van der Waals surface area contributed by atoms with Crippen molar-refractivity contribution in [1.29, 1.82) is 0 Å². The minimum atomic E-state index is -0.759. The number of urea groups is 1. The Morgan fingerprint density at radius 1 is 1.03 bits per heavy atom. The molecule has 3 amide bonds. The highest BCUT2D eigenvalue weighted by atomic mass is 16.6. The van der Waals surface area contributed by atoms with Crippen molar-refractivity contribution in [2.75, 3.05) is 11.9 Å². The number of hydrogen-bond acceptors (Lipinski definition) is 4. The predicted octanol–water partition coefficient (Wildman–Crippen LogP) is 4.28. The summed E-state index contributed by atoms with van der Waals surface area (Å²) >= 11 is 0. The molecule has 2 saturated carbocycles. The molecule has 2 fully saturated rings. The fourth-order valence-corrected chi connectivity index (χ4v) is 5.13. The van der Waals surface area contributed by atoms with Gasteiger partial charge in [0.15, 0.2) is 0 Å². The van der Waals surface area contributed by atoms with Crippen molar-refractivity contribution < 1.29 is 24.2 Å². The van der Waals surface area contributed by atoms with Crippen molar-refractivity contribution in [2.45, 2.75) is 82.9 Å². The van der Waals surface area contributed by atoms with Crippen molar-refractivity contribution in [3.8, 4) is 0 Å². The van der Waals surface area contributed by atoms with Crippen LogP contribution in [0.2, 0.25) is 0 Å². The molecule has 1 aliphatic heterocycles. The second-order valence-electron chi connectivity index (χ2n) is 9.36. The molecule has 0 bridgehead atoms. The Kier molecular flexibility index (Phi) is 7.17. The topological polar surface area (TPSA) is 108 Å². The zero-order chi connectivity index (χ0) is 22.5. The highest BCUT2D eigenvalue weighted by Crippen LogP contribution is 2.30. The number of fused-ring (bicyclic) bond motifs is 1. The van der Waals surface area contributed by atoms with Gasteiger partial charge in [0.1, 0.15) is 6.10 Å². The van der Waals surface area contributed by atoms with E-state index in [0.717, 1.165) is 61.8 Å². The number of benzene rings is 1. The summed E-state index contributed by atoms with van der Waals surface area (Å²) in [5.74, 6) is -0.572. The Morgan fingerprint density at radius 2 is 1.78 bits per heavy atom. The number of hydrogen-bond donors (Lipinski definition) is 3. The van der Waals surface area contributed by atoms with Crippen LogP contribution in [0.5, 0.6) is 0 Å². The number of amides is 3. The van der Waals surface area contributed by atoms with E-state index in [2.05, 4.69) is 10.6 Å². The molecule has 0 unspecified atom stereocenters. The molecule has 174 valence electrons. The number of carboxylic acids is 1. The van der Waals surface area contributed by atoms with Crippen molar-refractivity contribution >= 4 is 23.8 Å². The van der Waals surface area contributed by atoms with Gasteiger partial charge in [0.25, 0.3) is 0 Å². The van der Waals surface area contributed by atoms with Gasteiger partial charge in [0.05, 0.1) is 0 Å². The molecule has 8 heteroatoms. The molecule has 3 N–H and O–H groups in total. The first-order chi connectivity index (χ1) is 15.5. The van der Waals surface area contributed by atoms with Crippen LogP contribution in [0.25, 0.3) is 0 Å². The van der Waals surface area contributed by atoms with Gasteiger partial charge < -0.3 is 25.4 Å². The van der Waals surface area contributed by atoms with Gasteiger partial charge in [-0.25, -0.2) is 9.59 Å². The Labute approximate surface area is 188 Å². The molecule has 2 aliphatic carbocycles. The minimum absolute atomic E-state index is 0.126. The van der Waals surface area contributed by atoms with E-state index in [1.165, 1.54) is 12.8 Å². The van der Waals surface area contributed by atoms with Crippen LogP contribution in [0, 0.1) is 5.92 Å². The summed E-state index contributed by atoms with van der Waals surface area (Å²) in [6.45, 7) is 1.08. The average Bonchev–Trinajstić information content (AvgIpc) is 3.27. The van der Waals surface area contributed by atoms with Crippen LogP contribution in [0.4, 0.5) is 15.3 Å². The molecule has 0 spiro atoms. The third-order valence-corrected chi connectivity index (χ3v) is 6.95. The van der Waals surface area contributed by atoms with E-state index >= 15 is 0 Å². The number of nitrogens with one attached hydrogen (secondary N) is 2. The summed E-state index contributed by atoms with van der Waals surface area (Å²) in [6, 6.07) is 5.97. The van der Waals surface area contributed by atoms with Crippen molar-refractivity contribution in [3.05, 3.63) is 29.3 Å². The fourth-order valence-electron chi connectivity index (χ4n) is 5.13. The highest BCUT2D eigenvalue weighted by Gasteiger charge is 2.28. The molecule has 3 aliphatic rings. The van der Waals surface area contributed by atoms with Gasteiger partial charge in [0.2, 0.25) is 0 Å². The maximum absolute atomic E-state index is 12.7. The Balaban J connectivity index is 1.25.